The van der Waals surface area contributed by atoms with Crippen LogP contribution in [0.4, 0.5) is 0 Å². The van der Waals surface area contributed by atoms with E-state index < -0.39 is 22.9 Å². The van der Waals surface area contributed by atoms with Crippen molar-refractivity contribution in [1.82, 2.24) is 0 Å². The highest BCUT2D eigenvalue weighted by atomic mass is 16.6. The fourth-order valence-corrected chi connectivity index (χ4v) is 4.67. The predicted molar refractivity (Wildman–Crippen MR) is 77.3 cm³/mol. The third kappa shape index (κ3) is 1.96. The van der Waals surface area contributed by atoms with Gasteiger partial charge in [0.2, 0.25) is 0 Å². The van der Waals surface area contributed by atoms with Gasteiger partial charge >= 0.3 is 11.9 Å². The molecule has 3 rings (SSSR count). The van der Waals surface area contributed by atoms with Gasteiger partial charge in [-0.2, -0.15) is 5.26 Å². The Bertz CT molecular complexity index is 561. The van der Waals surface area contributed by atoms with Crippen molar-refractivity contribution in [3.63, 3.8) is 0 Å². The zero-order chi connectivity index (χ0) is 16.3. The van der Waals surface area contributed by atoms with E-state index in [0.29, 0.717) is 12.3 Å². The second kappa shape index (κ2) is 4.71. The number of hydrogen-bond donors (Lipinski definition) is 0. The molecule has 2 saturated carbocycles. The van der Waals surface area contributed by atoms with Crippen LogP contribution in [0.25, 0.3) is 0 Å². The second-order valence-corrected chi connectivity index (χ2v) is 8.11. The van der Waals surface area contributed by atoms with Crippen molar-refractivity contribution >= 4 is 11.9 Å². The monoisotopic (exact) mass is 305 g/mol. The van der Waals surface area contributed by atoms with E-state index in [4.69, 9.17) is 9.47 Å². The summed E-state index contributed by atoms with van der Waals surface area (Å²) in [5.74, 6) is -0.296. The summed E-state index contributed by atoms with van der Waals surface area (Å²) >= 11 is 0. The highest BCUT2D eigenvalue weighted by Gasteiger charge is 2.72. The van der Waals surface area contributed by atoms with E-state index in [0.717, 1.165) is 12.8 Å². The zero-order valence-electron chi connectivity index (χ0n) is 13.6. The van der Waals surface area contributed by atoms with Crippen LogP contribution in [0.3, 0.4) is 0 Å². The van der Waals surface area contributed by atoms with Crippen molar-refractivity contribution < 1.29 is 19.1 Å². The average Bonchev–Trinajstić information content (AvgIpc) is 2.99. The van der Waals surface area contributed by atoms with Crippen molar-refractivity contribution in [1.29, 1.82) is 5.26 Å². The number of nitriles is 1. The van der Waals surface area contributed by atoms with Gasteiger partial charge < -0.3 is 9.47 Å². The van der Waals surface area contributed by atoms with Crippen LogP contribution in [-0.4, -0.2) is 24.1 Å². The molecule has 4 unspecified atom stereocenters. The van der Waals surface area contributed by atoms with E-state index in [1.165, 1.54) is 0 Å². The average molecular weight is 305 g/mol. The Morgan fingerprint density at radius 3 is 2.82 bits per heavy atom. The minimum Gasteiger partial charge on any atom is -0.458 e. The molecule has 22 heavy (non-hydrogen) atoms. The van der Waals surface area contributed by atoms with Gasteiger partial charge in [0.05, 0.1) is 11.5 Å². The summed E-state index contributed by atoms with van der Waals surface area (Å²) in [7, 11) is 0. The van der Waals surface area contributed by atoms with Gasteiger partial charge in [-0.1, -0.05) is 13.8 Å². The van der Waals surface area contributed by atoms with Crippen molar-refractivity contribution in [2.75, 3.05) is 0 Å². The number of carbonyl (C=O) groups excluding carboxylic acids is 2. The van der Waals surface area contributed by atoms with Gasteiger partial charge in [0, 0.05) is 11.8 Å². The molecular weight excluding hydrogens is 282 g/mol. The number of hydrogen-bond acceptors (Lipinski definition) is 5. The highest BCUT2D eigenvalue weighted by molar-refractivity contribution is 5.84. The summed E-state index contributed by atoms with van der Waals surface area (Å²) < 4.78 is 11.2. The lowest BCUT2D eigenvalue weighted by molar-refractivity contribution is -0.171. The maximum absolute atomic E-state index is 12.5. The van der Waals surface area contributed by atoms with Crippen LogP contribution >= 0.6 is 0 Å². The number of nitrogens with zero attached hydrogens (tertiary/aromatic N) is 1. The number of rotatable bonds is 4. The fourth-order valence-electron chi connectivity index (χ4n) is 4.67. The Balaban J connectivity index is 1.74. The molecule has 0 amide bonds. The van der Waals surface area contributed by atoms with Gasteiger partial charge in [0.1, 0.15) is 12.2 Å². The van der Waals surface area contributed by atoms with Crippen molar-refractivity contribution in [3.05, 3.63) is 0 Å². The van der Waals surface area contributed by atoms with E-state index in [2.05, 4.69) is 19.9 Å². The zero-order valence-corrected chi connectivity index (χ0v) is 13.6. The molecular formula is C17H23NO4. The number of fused-ring (bicyclic) bond motifs is 1. The smallest absolute Gasteiger partial charge is 0.327 e. The first-order valence-corrected chi connectivity index (χ1v) is 8.04. The lowest BCUT2D eigenvalue weighted by atomic mass is 9.74. The summed E-state index contributed by atoms with van der Waals surface area (Å²) in [4.78, 5) is 24.5. The Labute approximate surface area is 131 Å². The van der Waals surface area contributed by atoms with Gasteiger partial charge in [0.15, 0.2) is 5.41 Å². The van der Waals surface area contributed by atoms with Crippen LogP contribution < -0.4 is 0 Å². The molecule has 5 atom stereocenters. The van der Waals surface area contributed by atoms with Crippen molar-refractivity contribution in [2.24, 2.45) is 28.6 Å². The van der Waals surface area contributed by atoms with E-state index in [9.17, 15) is 14.9 Å². The minimum atomic E-state index is -0.980. The molecule has 120 valence electrons. The molecule has 0 N–H and O–H groups in total. The molecule has 2 aliphatic carbocycles. The lowest BCUT2D eigenvalue weighted by Gasteiger charge is -2.32. The standard InChI is InChI=1S/C17H23NO4/c1-9(2)6-16(3,4)14(19)21-12-10-5-11-13(12)22-15(20)17(11,7-10)8-18/h9-13H,5-7H2,1-4H3/t10?,11?,12?,13-,17?/m1/s1. The second-order valence-electron chi connectivity index (χ2n) is 8.11. The fraction of sp³-hybridized carbons (Fsp3) is 0.824. The molecule has 0 aromatic heterocycles. The normalized spacial score (nSPS) is 39.0. The van der Waals surface area contributed by atoms with Crippen LogP contribution in [0.5, 0.6) is 0 Å². The maximum atomic E-state index is 12.5. The first kappa shape index (κ1) is 15.3. The molecule has 2 bridgehead atoms. The van der Waals surface area contributed by atoms with E-state index in [-0.39, 0.29) is 23.9 Å². The van der Waals surface area contributed by atoms with Crippen LogP contribution in [-0.2, 0) is 19.1 Å². The summed E-state index contributed by atoms with van der Waals surface area (Å²) in [6.07, 6.45) is 1.15. The van der Waals surface area contributed by atoms with Crippen LogP contribution in [0.1, 0.15) is 47.0 Å². The number of carbonyl (C=O) groups is 2. The summed E-state index contributed by atoms with van der Waals surface area (Å²) in [5.41, 5.74) is -1.53. The summed E-state index contributed by atoms with van der Waals surface area (Å²) in [6.45, 7) is 7.94. The van der Waals surface area contributed by atoms with E-state index >= 15 is 0 Å². The third-order valence-electron chi connectivity index (χ3n) is 5.48. The van der Waals surface area contributed by atoms with Crippen LogP contribution in [0.15, 0.2) is 0 Å². The molecule has 0 spiro atoms. The van der Waals surface area contributed by atoms with Gasteiger partial charge in [-0.05, 0) is 39.0 Å². The van der Waals surface area contributed by atoms with Gasteiger partial charge in [-0.25, -0.2) is 0 Å². The highest BCUT2D eigenvalue weighted by Crippen LogP contribution is 2.62. The molecule has 1 saturated heterocycles. The minimum absolute atomic E-state index is 0.0694. The van der Waals surface area contributed by atoms with Gasteiger partial charge in [0.25, 0.3) is 0 Å². The molecule has 0 aromatic rings. The summed E-state index contributed by atoms with van der Waals surface area (Å²) in [5, 5.41) is 9.37. The first-order valence-electron chi connectivity index (χ1n) is 8.04. The maximum Gasteiger partial charge on any atom is 0.327 e. The molecule has 5 nitrogen and oxygen atoms in total. The molecule has 1 heterocycles. The van der Waals surface area contributed by atoms with E-state index in [1.807, 2.05) is 13.8 Å². The molecule has 5 heteroatoms. The third-order valence-corrected chi connectivity index (χ3v) is 5.48. The molecule has 1 aliphatic heterocycles. The van der Waals surface area contributed by atoms with Gasteiger partial charge in [-0.15, -0.1) is 0 Å². The predicted octanol–water partition coefficient (Wildman–Crippen LogP) is 2.45. The Morgan fingerprint density at radius 1 is 1.55 bits per heavy atom. The number of ether oxygens (including phenoxy) is 2. The van der Waals surface area contributed by atoms with Crippen LogP contribution in [0.2, 0.25) is 0 Å². The van der Waals surface area contributed by atoms with Crippen LogP contribution in [0, 0.1) is 39.9 Å². The molecule has 3 fully saturated rings. The number of esters is 2. The Morgan fingerprint density at radius 2 is 2.23 bits per heavy atom. The van der Waals surface area contributed by atoms with Crippen molar-refractivity contribution in [3.8, 4) is 6.07 Å². The summed E-state index contributed by atoms with van der Waals surface area (Å²) in [6, 6.07) is 2.17. The quantitative estimate of drug-likeness (QED) is 0.746. The largest absolute Gasteiger partial charge is 0.458 e. The molecule has 0 aromatic carbocycles. The van der Waals surface area contributed by atoms with E-state index in [1.54, 1.807) is 0 Å². The Kier molecular flexibility index (Phi) is 3.28. The Hall–Kier alpha value is -1.57. The molecule has 3 aliphatic rings. The van der Waals surface area contributed by atoms with Crippen molar-refractivity contribution in [2.45, 2.75) is 59.2 Å². The van der Waals surface area contributed by atoms with Gasteiger partial charge in [-0.3, -0.25) is 9.59 Å². The topological polar surface area (TPSA) is 76.4 Å². The lowest BCUT2D eigenvalue weighted by Crippen LogP contribution is -2.42. The molecule has 0 radical (unpaired) electrons. The SMILES string of the molecule is CC(C)CC(C)(C)C(=O)OC1C2CC3[C@H]1OC(=O)C3(C#N)C2. The first-order chi connectivity index (χ1) is 10.2.